The van der Waals surface area contributed by atoms with E-state index in [1.807, 2.05) is 53.7 Å². The summed E-state index contributed by atoms with van der Waals surface area (Å²) in [5, 5.41) is 30.4. The zero-order chi connectivity index (χ0) is 39.0. The summed E-state index contributed by atoms with van der Waals surface area (Å²) in [7, 11) is 6.23. The first kappa shape index (κ1) is 49.7. The zero-order valence-electron chi connectivity index (χ0n) is 31.4. The van der Waals surface area contributed by atoms with E-state index in [0.29, 0.717) is 15.8 Å². The Morgan fingerprint density at radius 1 is 0.735 bits per heavy atom. The third-order valence-corrected chi connectivity index (χ3v) is 7.26. The number of hydrogen-bond acceptors (Lipinski definition) is 10. The SMILES string of the molecule is CN.CNC(=O)C(C)N.CNC(=O)C(C)NC(=S)N[C@@H](C)[C@H](C)N.CNC(=O)C(C)NC(=S)N[C@@H](C)[C@H](C)N=Cc1cc(C)cc(C)c1O. The Labute approximate surface area is 304 Å². The first-order valence-electron chi connectivity index (χ1n) is 15.9. The van der Waals surface area contributed by atoms with Crippen LogP contribution in [-0.2, 0) is 14.4 Å². The lowest BCUT2D eigenvalue weighted by Gasteiger charge is -2.22. The lowest BCUT2D eigenvalue weighted by molar-refractivity contribution is -0.122. The lowest BCUT2D eigenvalue weighted by Crippen LogP contribution is -2.52. The Bertz CT molecular complexity index is 1200. The maximum Gasteiger partial charge on any atom is 0.242 e. The van der Waals surface area contributed by atoms with Gasteiger partial charge in [-0.3, -0.25) is 19.4 Å². The summed E-state index contributed by atoms with van der Waals surface area (Å²) in [5.74, 6) is -0.112. The number of hydrogen-bond donors (Lipinski definition) is 11. The minimum atomic E-state index is -0.414. The molecule has 1 aromatic carbocycles. The van der Waals surface area contributed by atoms with E-state index in [0.717, 1.165) is 11.1 Å². The molecule has 0 radical (unpaired) electrons. The molecule has 1 rings (SSSR count). The molecule has 49 heavy (non-hydrogen) atoms. The molecule has 0 saturated heterocycles. The van der Waals surface area contributed by atoms with Gasteiger partial charge in [-0.05, 0) is 111 Å². The van der Waals surface area contributed by atoms with Crippen molar-refractivity contribution in [2.45, 2.75) is 105 Å². The topological polar surface area (TPSA) is 246 Å². The molecule has 3 unspecified atom stereocenters. The van der Waals surface area contributed by atoms with Crippen LogP contribution in [0, 0.1) is 13.8 Å². The predicted molar refractivity (Wildman–Crippen MR) is 210 cm³/mol. The number of benzene rings is 1. The lowest BCUT2D eigenvalue weighted by atomic mass is 10.1. The van der Waals surface area contributed by atoms with Gasteiger partial charge in [-0.15, -0.1) is 0 Å². The van der Waals surface area contributed by atoms with E-state index < -0.39 is 6.04 Å². The van der Waals surface area contributed by atoms with Crippen molar-refractivity contribution < 1.29 is 19.5 Å². The van der Waals surface area contributed by atoms with E-state index in [2.05, 4.69) is 47.9 Å². The summed E-state index contributed by atoms with van der Waals surface area (Å²) >= 11 is 10.3. The number of nitrogens with one attached hydrogen (secondary N) is 7. The highest BCUT2D eigenvalue weighted by molar-refractivity contribution is 7.80. The summed E-state index contributed by atoms with van der Waals surface area (Å²) in [6.45, 7) is 16.7. The highest BCUT2D eigenvalue weighted by Crippen LogP contribution is 2.22. The number of phenolic OH excluding ortho intramolecular Hbond substituents is 1. The quantitative estimate of drug-likeness (QED) is 0.104. The van der Waals surface area contributed by atoms with Gasteiger partial charge in [-0.2, -0.15) is 0 Å². The molecule has 0 bridgehead atoms. The van der Waals surface area contributed by atoms with Crippen molar-refractivity contribution in [3.63, 3.8) is 0 Å². The Hall–Kier alpha value is -3.64. The Balaban J connectivity index is -0.000000744. The van der Waals surface area contributed by atoms with Crippen LogP contribution in [0.25, 0.3) is 0 Å². The molecule has 0 aliphatic rings. The van der Waals surface area contributed by atoms with Crippen LogP contribution >= 0.6 is 24.4 Å². The molecule has 282 valence electrons. The summed E-state index contributed by atoms with van der Waals surface area (Å²) in [6, 6.07) is 2.63. The van der Waals surface area contributed by atoms with Crippen molar-refractivity contribution in [2.24, 2.45) is 22.2 Å². The summed E-state index contributed by atoms with van der Waals surface area (Å²) in [4.78, 5) is 37.5. The van der Waals surface area contributed by atoms with Gasteiger partial charge < -0.3 is 59.5 Å². The number of carbonyl (C=O) groups is 3. The molecule has 0 spiro atoms. The number of amides is 3. The number of aryl methyl sites for hydroxylation is 2. The number of rotatable bonds is 11. The van der Waals surface area contributed by atoms with Crippen molar-refractivity contribution in [1.29, 1.82) is 0 Å². The molecule has 0 aliphatic heterocycles. The first-order chi connectivity index (χ1) is 22.7. The number of aliphatic imine (C=N–C) groups is 1. The Kier molecular flexibility index (Phi) is 27.6. The highest BCUT2D eigenvalue weighted by Gasteiger charge is 2.16. The van der Waals surface area contributed by atoms with Gasteiger partial charge in [-0.1, -0.05) is 6.07 Å². The minimum Gasteiger partial charge on any atom is -0.507 e. The molecular weight excluding hydrogens is 667 g/mol. The van der Waals surface area contributed by atoms with Crippen molar-refractivity contribution in [3.05, 3.63) is 28.8 Å². The average molecular weight is 730 g/mol. The average Bonchev–Trinajstić information content (AvgIpc) is 3.05. The number of nitrogens with zero attached hydrogens (tertiary/aromatic N) is 1. The van der Waals surface area contributed by atoms with Crippen LogP contribution < -0.4 is 54.4 Å². The standard InChI is InChI=1S/C18H28N4O2S.C9H20N4OS.C4H10N2O.CH5N/c1-10-7-11(2)16(23)15(8-10)9-20-12(3)13(4)21-18(25)22-14(5)17(24)19-6;1-5(10)6(2)12-9(15)13-7(3)8(14)11-4;1-3(5)4(7)6-2;1-2/h7-9,12-14,23H,1-6H3,(H,19,24)(H2,21,22,25);5-7H,10H2,1-4H3,(H,11,14)(H2,12,13,15);3H,5H2,1-2H3,(H,6,7);2H2,1H3/t12-,13-,14?;5-,6-,7?;;/m00../s1. The highest BCUT2D eigenvalue weighted by atomic mass is 32.1. The van der Waals surface area contributed by atoms with E-state index in [1.165, 1.54) is 7.05 Å². The fraction of sp³-hybridized carbons (Fsp3) is 0.625. The van der Waals surface area contributed by atoms with Crippen LogP contribution in [0.5, 0.6) is 5.75 Å². The molecule has 0 aromatic heterocycles. The maximum atomic E-state index is 11.5. The van der Waals surface area contributed by atoms with Gasteiger partial charge in [0.25, 0.3) is 0 Å². The number of nitrogens with two attached hydrogens (primary N) is 3. The molecule has 17 heteroatoms. The predicted octanol–water partition coefficient (Wildman–Crippen LogP) is -0.221. The monoisotopic (exact) mass is 729 g/mol. The Morgan fingerprint density at radius 2 is 1.14 bits per heavy atom. The summed E-state index contributed by atoms with van der Waals surface area (Å²) < 4.78 is 0. The van der Waals surface area contributed by atoms with Crippen LogP contribution in [0.1, 0.15) is 65.2 Å². The van der Waals surface area contributed by atoms with Crippen molar-refractivity contribution in [1.82, 2.24) is 37.2 Å². The van der Waals surface area contributed by atoms with E-state index >= 15 is 0 Å². The summed E-state index contributed by atoms with van der Waals surface area (Å²) in [6.07, 6.45) is 1.68. The van der Waals surface area contributed by atoms with Crippen LogP contribution in [0.4, 0.5) is 0 Å². The van der Waals surface area contributed by atoms with E-state index in [1.54, 1.807) is 48.1 Å². The number of thiocarbonyl (C=S) groups is 2. The van der Waals surface area contributed by atoms with Crippen LogP contribution in [0.2, 0.25) is 0 Å². The maximum absolute atomic E-state index is 11.5. The largest absolute Gasteiger partial charge is 0.507 e. The van der Waals surface area contributed by atoms with Crippen molar-refractivity contribution in [2.75, 3.05) is 28.2 Å². The fourth-order valence-corrected chi connectivity index (χ4v) is 4.08. The molecule has 1 aromatic rings. The third-order valence-electron chi connectivity index (χ3n) is 6.79. The fourth-order valence-electron chi connectivity index (χ4n) is 3.35. The smallest absolute Gasteiger partial charge is 0.242 e. The molecular formula is C32H63N11O4S2. The van der Waals surface area contributed by atoms with E-state index in [4.69, 9.17) is 35.9 Å². The number of aromatic hydroxyl groups is 1. The normalized spacial score (nSPS) is 14.4. The number of phenols is 1. The summed E-state index contributed by atoms with van der Waals surface area (Å²) in [5.41, 5.74) is 17.9. The van der Waals surface area contributed by atoms with Crippen LogP contribution in [0.3, 0.4) is 0 Å². The number of carbonyl (C=O) groups excluding carboxylic acids is 3. The molecule has 0 fully saturated rings. The third kappa shape index (κ3) is 22.6. The van der Waals surface area contributed by atoms with Gasteiger partial charge in [0.1, 0.15) is 17.8 Å². The second-order valence-corrected chi connectivity index (χ2v) is 12.1. The van der Waals surface area contributed by atoms with Crippen LogP contribution in [0.15, 0.2) is 17.1 Å². The molecule has 7 atom stereocenters. The van der Waals surface area contributed by atoms with Gasteiger partial charge in [-0.25, -0.2) is 0 Å². The van der Waals surface area contributed by atoms with Gasteiger partial charge in [0.2, 0.25) is 17.7 Å². The molecule has 0 aliphatic carbocycles. The van der Waals surface area contributed by atoms with Gasteiger partial charge in [0, 0.05) is 51.0 Å². The van der Waals surface area contributed by atoms with Gasteiger partial charge >= 0.3 is 0 Å². The zero-order valence-corrected chi connectivity index (χ0v) is 33.1. The second kappa shape index (κ2) is 27.2. The van der Waals surface area contributed by atoms with E-state index in [9.17, 15) is 19.5 Å². The van der Waals surface area contributed by atoms with E-state index in [-0.39, 0.29) is 59.7 Å². The van der Waals surface area contributed by atoms with Crippen LogP contribution in [-0.4, -0.2) is 110 Å². The Morgan fingerprint density at radius 3 is 1.49 bits per heavy atom. The minimum absolute atomic E-state index is 0.0000535. The molecule has 0 heterocycles. The molecule has 3 amide bonds. The van der Waals surface area contributed by atoms with Gasteiger partial charge in [0.15, 0.2) is 10.2 Å². The van der Waals surface area contributed by atoms with Gasteiger partial charge in [0.05, 0.1) is 12.1 Å². The molecule has 15 nitrogen and oxygen atoms in total. The molecule has 0 saturated carbocycles. The number of likely N-dealkylation sites (N-methyl/N-ethyl adjacent to an activating group) is 3. The van der Waals surface area contributed by atoms with Crippen molar-refractivity contribution in [3.8, 4) is 5.75 Å². The second-order valence-electron chi connectivity index (χ2n) is 11.3. The molecule has 14 N–H and O–H groups in total. The first-order valence-corrected chi connectivity index (χ1v) is 16.7. The van der Waals surface area contributed by atoms with Crippen molar-refractivity contribution >= 4 is 58.6 Å².